The summed E-state index contributed by atoms with van der Waals surface area (Å²) in [5.41, 5.74) is 10.9. The molecule has 0 spiro atoms. The van der Waals surface area contributed by atoms with Crippen molar-refractivity contribution in [3.63, 3.8) is 0 Å². The Bertz CT molecular complexity index is 804. The van der Waals surface area contributed by atoms with Crippen LogP contribution >= 0.6 is 15.9 Å². The lowest BCUT2D eigenvalue weighted by molar-refractivity contribution is 0.1000. The van der Waals surface area contributed by atoms with Crippen molar-refractivity contribution in [1.82, 2.24) is 9.47 Å². The molecule has 0 atom stereocenters. The first-order valence-corrected chi connectivity index (χ1v) is 11.3. The summed E-state index contributed by atoms with van der Waals surface area (Å²) < 4.78 is 3.40. The summed E-state index contributed by atoms with van der Waals surface area (Å²) in [7, 11) is 0. The van der Waals surface area contributed by atoms with Gasteiger partial charge in [-0.25, -0.2) is 0 Å². The number of amides is 1. The predicted molar refractivity (Wildman–Crippen MR) is 120 cm³/mol. The number of likely N-dealkylation sites (tertiary alicyclic amines) is 1. The van der Waals surface area contributed by atoms with Crippen molar-refractivity contribution < 1.29 is 4.79 Å². The predicted octanol–water partition coefficient (Wildman–Crippen LogP) is 5.15. The summed E-state index contributed by atoms with van der Waals surface area (Å²) in [6.07, 6.45) is 7.14. The minimum atomic E-state index is -0.329. The van der Waals surface area contributed by atoms with Crippen molar-refractivity contribution in [2.24, 2.45) is 5.73 Å². The molecule has 1 saturated heterocycles. The maximum absolute atomic E-state index is 12.4. The molecule has 4 nitrogen and oxygen atoms in total. The fourth-order valence-electron chi connectivity index (χ4n) is 4.36. The van der Waals surface area contributed by atoms with Crippen molar-refractivity contribution in [3.05, 3.63) is 45.7 Å². The SMILES string of the molecule is CCCCc1c(-c2ccc(Br)cc2)c(C(N)=O)c(C)n1CCN1CCCCC1. The smallest absolute Gasteiger partial charge is 0.251 e. The highest BCUT2D eigenvalue weighted by molar-refractivity contribution is 9.10. The van der Waals surface area contributed by atoms with E-state index in [1.54, 1.807) is 0 Å². The quantitative estimate of drug-likeness (QED) is 0.610. The fraction of sp³-hybridized carbons (Fsp3) is 0.522. The molecular weight excluding hydrogens is 414 g/mol. The van der Waals surface area contributed by atoms with Gasteiger partial charge in [0, 0.05) is 34.5 Å². The Morgan fingerprint density at radius 3 is 2.39 bits per heavy atom. The molecule has 152 valence electrons. The molecule has 1 aliphatic rings. The van der Waals surface area contributed by atoms with Gasteiger partial charge < -0.3 is 15.2 Å². The van der Waals surface area contributed by atoms with Gasteiger partial charge in [0.05, 0.1) is 5.56 Å². The average Bonchev–Trinajstić information content (AvgIpc) is 2.97. The van der Waals surface area contributed by atoms with Gasteiger partial charge >= 0.3 is 0 Å². The number of nitrogens with zero attached hydrogens (tertiary/aromatic N) is 2. The first-order valence-electron chi connectivity index (χ1n) is 10.5. The lowest BCUT2D eigenvalue weighted by atomic mass is 9.98. The van der Waals surface area contributed by atoms with Crippen LogP contribution in [0.5, 0.6) is 0 Å². The molecule has 2 aromatic rings. The van der Waals surface area contributed by atoms with Crippen LogP contribution in [0.4, 0.5) is 0 Å². The Balaban J connectivity index is 2.02. The average molecular weight is 446 g/mol. The molecule has 1 aromatic heterocycles. The number of unbranched alkanes of at least 4 members (excludes halogenated alkanes) is 1. The molecule has 0 aliphatic carbocycles. The number of piperidine rings is 1. The lowest BCUT2D eigenvalue weighted by Gasteiger charge is -2.27. The van der Waals surface area contributed by atoms with Gasteiger partial charge in [0.25, 0.3) is 5.91 Å². The molecular formula is C23H32BrN3O. The molecule has 1 amide bonds. The van der Waals surface area contributed by atoms with Gasteiger partial charge in [-0.15, -0.1) is 0 Å². The van der Waals surface area contributed by atoms with Crippen LogP contribution in [0.2, 0.25) is 0 Å². The molecule has 0 bridgehead atoms. The van der Waals surface area contributed by atoms with Crippen LogP contribution < -0.4 is 5.73 Å². The summed E-state index contributed by atoms with van der Waals surface area (Å²) in [6, 6.07) is 8.22. The van der Waals surface area contributed by atoms with Crippen LogP contribution in [0.15, 0.2) is 28.7 Å². The summed E-state index contributed by atoms with van der Waals surface area (Å²) >= 11 is 3.51. The van der Waals surface area contributed by atoms with Gasteiger partial charge in [-0.3, -0.25) is 4.79 Å². The zero-order chi connectivity index (χ0) is 20.1. The highest BCUT2D eigenvalue weighted by Gasteiger charge is 2.24. The van der Waals surface area contributed by atoms with Crippen LogP contribution in [0.1, 0.15) is 60.8 Å². The first-order chi connectivity index (χ1) is 13.5. The monoisotopic (exact) mass is 445 g/mol. The number of carbonyl (C=O) groups excluding carboxylic acids is 1. The van der Waals surface area contributed by atoms with Crippen molar-refractivity contribution in [2.75, 3.05) is 19.6 Å². The minimum absolute atomic E-state index is 0.329. The molecule has 0 saturated carbocycles. The molecule has 0 unspecified atom stereocenters. The van der Waals surface area contributed by atoms with Crippen LogP contribution in [-0.4, -0.2) is 35.0 Å². The van der Waals surface area contributed by atoms with E-state index in [1.165, 1.54) is 38.0 Å². The minimum Gasteiger partial charge on any atom is -0.366 e. The molecule has 1 aromatic carbocycles. The second-order valence-electron chi connectivity index (χ2n) is 7.81. The Labute approximate surface area is 177 Å². The van der Waals surface area contributed by atoms with Gasteiger partial charge in [0.2, 0.25) is 0 Å². The standard InChI is InChI=1S/C23H32BrN3O/c1-3-4-8-20-22(18-9-11-19(24)12-10-18)21(23(25)28)17(2)27(20)16-15-26-13-6-5-7-14-26/h9-12H,3-8,13-16H2,1-2H3,(H2,25,28). The number of hydrogen-bond acceptors (Lipinski definition) is 2. The van der Waals surface area contributed by atoms with E-state index < -0.39 is 0 Å². The van der Waals surface area contributed by atoms with Crippen molar-refractivity contribution >= 4 is 21.8 Å². The van der Waals surface area contributed by atoms with Gasteiger partial charge in [-0.05, 0) is 63.4 Å². The summed E-state index contributed by atoms with van der Waals surface area (Å²) in [6.45, 7) is 8.59. The number of rotatable bonds is 8. The lowest BCUT2D eigenvalue weighted by Crippen LogP contribution is -2.33. The third kappa shape index (κ3) is 4.69. The van der Waals surface area contributed by atoms with Crippen LogP contribution in [0, 0.1) is 6.92 Å². The number of carbonyl (C=O) groups is 1. The van der Waals surface area contributed by atoms with Crippen LogP contribution in [0.25, 0.3) is 11.1 Å². The second-order valence-corrected chi connectivity index (χ2v) is 8.73. The zero-order valence-electron chi connectivity index (χ0n) is 17.1. The number of hydrogen-bond donors (Lipinski definition) is 1. The summed E-state index contributed by atoms with van der Waals surface area (Å²) in [5.74, 6) is -0.329. The Kier molecular flexibility index (Phi) is 7.36. The van der Waals surface area contributed by atoms with E-state index in [4.69, 9.17) is 5.73 Å². The van der Waals surface area contributed by atoms with E-state index in [-0.39, 0.29) is 5.91 Å². The number of nitrogens with two attached hydrogens (primary N) is 1. The second kappa shape index (κ2) is 9.75. The van der Waals surface area contributed by atoms with E-state index >= 15 is 0 Å². The maximum atomic E-state index is 12.4. The zero-order valence-corrected chi connectivity index (χ0v) is 18.7. The fourth-order valence-corrected chi connectivity index (χ4v) is 4.62. The number of benzene rings is 1. The van der Waals surface area contributed by atoms with Gasteiger partial charge in [0.15, 0.2) is 0 Å². The molecule has 1 aliphatic heterocycles. The Hall–Kier alpha value is -1.59. The van der Waals surface area contributed by atoms with E-state index in [2.05, 4.69) is 44.5 Å². The first kappa shape index (κ1) is 21.1. The molecule has 28 heavy (non-hydrogen) atoms. The molecule has 0 radical (unpaired) electrons. The third-order valence-electron chi connectivity index (χ3n) is 5.87. The molecule has 2 N–H and O–H groups in total. The molecule has 1 fully saturated rings. The maximum Gasteiger partial charge on any atom is 0.251 e. The summed E-state index contributed by atoms with van der Waals surface area (Å²) in [4.78, 5) is 15.0. The van der Waals surface area contributed by atoms with Crippen LogP contribution in [0.3, 0.4) is 0 Å². The van der Waals surface area contributed by atoms with E-state index in [1.807, 2.05) is 19.1 Å². The topological polar surface area (TPSA) is 51.3 Å². The highest BCUT2D eigenvalue weighted by atomic mass is 79.9. The number of halogens is 1. The Morgan fingerprint density at radius 1 is 1.11 bits per heavy atom. The van der Waals surface area contributed by atoms with Crippen molar-refractivity contribution in [3.8, 4) is 11.1 Å². The van der Waals surface area contributed by atoms with Crippen molar-refractivity contribution in [2.45, 2.75) is 58.9 Å². The van der Waals surface area contributed by atoms with E-state index in [0.29, 0.717) is 5.56 Å². The van der Waals surface area contributed by atoms with Gasteiger partial charge in [-0.1, -0.05) is 47.8 Å². The third-order valence-corrected chi connectivity index (χ3v) is 6.39. The molecule has 5 heteroatoms. The Morgan fingerprint density at radius 2 is 1.79 bits per heavy atom. The van der Waals surface area contributed by atoms with E-state index in [0.717, 1.165) is 53.6 Å². The van der Waals surface area contributed by atoms with Gasteiger partial charge in [-0.2, -0.15) is 0 Å². The number of primary amides is 1. The molecule has 3 rings (SSSR count). The van der Waals surface area contributed by atoms with E-state index in [9.17, 15) is 4.79 Å². The van der Waals surface area contributed by atoms with Crippen molar-refractivity contribution in [1.29, 1.82) is 0 Å². The normalized spacial score (nSPS) is 15.1. The largest absolute Gasteiger partial charge is 0.366 e. The molecule has 2 heterocycles. The number of aromatic nitrogens is 1. The van der Waals surface area contributed by atoms with Crippen LogP contribution in [-0.2, 0) is 13.0 Å². The highest BCUT2D eigenvalue weighted by Crippen LogP contribution is 2.34. The summed E-state index contributed by atoms with van der Waals surface area (Å²) in [5, 5.41) is 0. The van der Waals surface area contributed by atoms with Gasteiger partial charge in [0.1, 0.15) is 0 Å².